The number of fused-ring (bicyclic) bond motifs is 1. The molecule has 2 fully saturated rings. The summed E-state index contributed by atoms with van der Waals surface area (Å²) in [5.41, 5.74) is 1.35. The molecule has 2 N–H and O–H groups in total. The molecule has 0 atom stereocenters. The summed E-state index contributed by atoms with van der Waals surface area (Å²) in [4.78, 5) is 11.9. The van der Waals surface area contributed by atoms with E-state index >= 15 is 0 Å². The Hall–Kier alpha value is -1.60. The van der Waals surface area contributed by atoms with Gasteiger partial charge in [0.15, 0.2) is 5.96 Å². The second kappa shape index (κ2) is 9.27. The number of aliphatic imine (C=N–C) groups is 1. The molecule has 0 radical (unpaired) electrons. The third-order valence-electron chi connectivity index (χ3n) is 6.67. The standard InChI is InChI=1S/C21H36N6O/c1-22-20(23-15-18-16-26-10-6-3-7-19(26)25-18)24-17-21(8-4-2-5-9-21)27-11-13-28-14-12-27/h16H,2-15,17H2,1H3,(H2,22,23,24). The molecule has 0 aromatic carbocycles. The second-order valence-electron chi connectivity index (χ2n) is 8.46. The summed E-state index contributed by atoms with van der Waals surface area (Å²) >= 11 is 0. The van der Waals surface area contributed by atoms with Crippen molar-refractivity contribution >= 4 is 5.96 Å². The second-order valence-corrected chi connectivity index (χ2v) is 8.46. The number of nitrogens with zero attached hydrogens (tertiary/aromatic N) is 4. The maximum Gasteiger partial charge on any atom is 0.191 e. The highest BCUT2D eigenvalue weighted by atomic mass is 16.5. The minimum atomic E-state index is 0.243. The van der Waals surface area contributed by atoms with Crippen LogP contribution in [0.5, 0.6) is 0 Å². The molecule has 1 saturated carbocycles. The molecule has 0 unspecified atom stereocenters. The Morgan fingerprint density at radius 1 is 1.11 bits per heavy atom. The molecule has 3 aliphatic rings. The fraction of sp³-hybridized carbons (Fsp3) is 0.810. The van der Waals surface area contributed by atoms with Crippen LogP contribution in [0.1, 0.15) is 56.5 Å². The van der Waals surface area contributed by atoms with E-state index in [2.05, 4.69) is 31.3 Å². The average Bonchev–Trinajstić information content (AvgIpc) is 3.18. The van der Waals surface area contributed by atoms with Crippen LogP contribution in [0.4, 0.5) is 0 Å². The highest BCUT2D eigenvalue weighted by molar-refractivity contribution is 5.79. The predicted molar refractivity (Wildman–Crippen MR) is 112 cm³/mol. The van der Waals surface area contributed by atoms with Crippen molar-refractivity contribution in [2.24, 2.45) is 4.99 Å². The number of morpholine rings is 1. The summed E-state index contributed by atoms with van der Waals surface area (Å²) < 4.78 is 7.91. The van der Waals surface area contributed by atoms with Crippen LogP contribution < -0.4 is 10.6 Å². The summed E-state index contributed by atoms with van der Waals surface area (Å²) in [6.07, 6.45) is 12.4. The number of imidazole rings is 1. The summed E-state index contributed by atoms with van der Waals surface area (Å²) in [7, 11) is 1.86. The van der Waals surface area contributed by atoms with Crippen LogP contribution >= 0.6 is 0 Å². The number of hydrogen-bond acceptors (Lipinski definition) is 4. The van der Waals surface area contributed by atoms with Crippen LogP contribution in [0.2, 0.25) is 0 Å². The van der Waals surface area contributed by atoms with Gasteiger partial charge in [-0.05, 0) is 25.7 Å². The first-order valence-corrected chi connectivity index (χ1v) is 11.1. The number of rotatable bonds is 5. The van der Waals surface area contributed by atoms with Gasteiger partial charge in [-0.3, -0.25) is 9.89 Å². The van der Waals surface area contributed by atoms with Crippen LogP contribution in [-0.2, 0) is 24.2 Å². The van der Waals surface area contributed by atoms with Gasteiger partial charge in [-0.15, -0.1) is 0 Å². The van der Waals surface area contributed by atoms with Crippen molar-refractivity contribution in [1.82, 2.24) is 25.1 Å². The van der Waals surface area contributed by atoms with Crippen molar-refractivity contribution < 1.29 is 4.74 Å². The monoisotopic (exact) mass is 388 g/mol. The van der Waals surface area contributed by atoms with Gasteiger partial charge in [0.1, 0.15) is 5.82 Å². The molecule has 7 nitrogen and oxygen atoms in total. The highest BCUT2D eigenvalue weighted by Crippen LogP contribution is 2.33. The van der Waals surface area contributed by atoms with Crippen LogP contribution in [-0.4, -0.2) is 65.8 Å². The lowest BCUT2D eigenvalue weighted by atomic mass is 9.80. The van der Waals surface area contributed by atoms with Crippen LogP contribution in [0.25, 0.3) is 0 Å². The Bertz CT molecular complexity index is 634. The Kier molecular flexibility index (Phi) is 6.52. The normalized spacial score (nSPS) is 23.2. The van der Waals surface area contributed by atoms with E-state index in [1.807, 2.05) is 7.05 Å². The number of nitrogens with one attached hydrogen (secondary N) is 2. The lowest BCUT2D eigenvalue weighted by molar-refractivity contribution is -0.0352. The third-order valence-corrected chi connectivity index (χ3v) is 6.67. The molecule has 4 rings (SSSR count). The van der Waals surface area contributed by atoms with Gasteiger partial charge >= 0.3 is 0 Å². The first-order valence-electron chi connectivity index (χ1n) is 11.1. The zero-order chi connectivity index (χ0) is 19.2. The molecule has 1 aliphatic carbocycles. The molecular formula is C21H36N6O. The topological polar surface area (TPSA) is 66.7 Å². The van der Waals surface area contributed by atoms with Gasteiger partial charge in [0.05, 0.1) is 25.5 Å². The van der Waals surface area contributed by atoms with Crippen LogP contribution in [0.15, 0.2) is 11.2 Å². The molecular weight excluding hydrogens is 352 g/mol. The minimum Gasteiger partial charge on any atom is -0.379 e. The van der Waals surface area contributed by atoms with Crippen LogP contribution in [0, 0.1) is 0 Å². The number of aryl methyl sites for hydroxylation is 2. The fourth-order valence-corrected chi connectivity index (χ4v) is 5.05. The zero-order valence-electron chi connectivity index (χ0n) is 17.4. The van der Waals surface area contributed by atoms with E-state index in [1.54, 1.807) is 0 Å². The molecule has 7 heteroatoms. The molecule has 28 heavy (non-hydrogen) atoms. The van der Waals surface area contributed by atoms with Crippen molar-refractivity contribution in [3.63, 3.8) is 0 Å². The summed E-state index contributed by atoms with van der Waals surface area (Å²) in [6, 6.07) is 0. The van der Waals surface area contributed by atoms with E-state index in [-0.39, 0.29) is 5.54 Å². The summed E-state index contributed by atoms with van der Waals surface area (Å²) in [5, 5.41) is 7.11. The maximum atomic E-state index is 5.60. The van der Waals surface area contributed by atoms with Gasteiger partial charge in [-0.2, -0.15) is 0 Å². The molecule has 156 valence electrons. The first-order chi connectivity index (χ1) is 13.8. The van der Waals surface area contributed by atoms with E-state index in [0.29, 0.717) is 0 Å². The van der Waals surface area contributed by atoms with Gasteiger partial charge in [0, 0.05) is 51.4 Å². The fourth-order valence-electron chi connectivity index (χ4n) is 5.05. The molecule has 1 saturated heterocycles. The molecule has 0 spiro atoms. The SMILES string of the molecule is CN=C(NCc1cn2c(n1)CCCC2)NCC1(N2CCOCC2)CCCCC1. The molecule has 1 aromatic rings. The smallest absolute Gasteiger partial charge is 0.191 e. The van der Waals surface area contributed by atoms with Crippen molar-refractivity contribution in [2.75, 3.05) is 39.9 Å². The average molecular weight is 389 g/mol. The van der Waals surface area contributed by atoms with Crippen molar-refractivity contribution in [2.45, 2.75) is 70.0 Å². The lowest BCUT2D eigenvalue weighted by Gasteiger charge is -2.48. The molecule has 0 bridgehead atoms. The number of aromatic nitrogens is 2. The maximum absolute atomic E-state index is 5.60. The summed E-state index contributed by atoms with van der Waals surface area (Å²) in [6.45, 7) is 6.61. The number of hydrogen-bond donors (Lipinski definition) is 2. The largest absolute Gasteiger partial charge is 0.379 e. The van der Waals surface area contributed by atoms with Crippen molar-refractivity contribution in [1.29, 1.82) is 0 Å². The molecule has 0 amide bonds. The Morgan fingerprint density at radius 3 is 2.68 bits per heavy atom. The van der Waals surface area contributed by atoms with E-state index in [0.717, 1.165) is 64.0 Å². The number of guanidine groups is 1. The van der Waals surface area contributed by atoms with E-state index in [4.69, 9.17) is 9.72 Å². The van der Waals surface area contributed by atoms with E-state index < -0.39 is 0 Å². The highest BCUT2D eigenvalue weighted by Gasteiger charge is 2.38. The van der Waals surface area contributed by atoms with Crippen molar-refractivity contribution in [3.05, 3.63) is 17.7 Å². The molecule has 2 aliphatic heterocycles. The quantitative estimate of drug-likeness (QED) is 0.596. The van der Waals surface area contributed by atoms with E-state index in [1.165, 1.54) is 50.8 Å². The minimum absolute atomic E-state index is 0.243. The number of ether oxygens (including phenoxy) is 1. The molecule has 3 heterocycles. The van der Waals surface area contributed by atoms with Gasteiger partial charge in [0.2, 0.25) is 0 Å². The third kappa shape index (κ3) is 4.51. The van der Waals surface area contributed by atoms with Crippen molar-refractivity contribution in [3.8, 4) is 0 Å². The Balaban J connectivity index is 1.33. The van der Waals surface area contributed by atoms with Gasteiger partial charge in [0.25, 0.3) is 0 Å². The lowest BCUT2D eigenvalue weighted by Crippen LogP contribution is -2.60. The first kappa shape index (κ1) is 19.7. The van der Waals surface area contributed by atoms with Crippen LogP contribution in [0.3, 0.4) is 0 Å². The van der Waals surface area contributed by atoms with Gasteiger partial charge < -0.3 is 19.9 Å². The zero-order valence-corrected chi connectivity index (χ0v) is 17.4. The van der Waals surface area contributed by atoms with E-state index in [9.17, 15) is 0 Å². The Morgan fingerprint density at radius 2 is 1.93 bits per heavy atom. The Labute approximate surface area is 168 Å². The predicted octanol–water partition coefficient (Wildman–Crippen LogP) is 1.92. The van der Waals surface area contributed by atoms with Gasteiger partial charge in [-0.1, -0.05) is 19.3 Å². The van der Waals surface area contributed by atoms with Gasteiger partial charge in [-0.25, -0.2) is 4.98 Å². The summed E-state index contributed by atoms with van der Waals surface area (Å²) in [5.74, 6) is 2.11. The molecule has 1 aromatic heterocycles.